The molecule has 2 rings (SSSR count). The lowest BCUT2D eigenvalue weighted by Crippen LogP contribution is -2.04. The molecule has 0 fully saturated rings. The summed E-state index contributed by atoms with van der Waals surface area (Å²) < 4.78 is 10.6. The fourth-order valence-electron chi connectivity index (χ4n) is 1.20. The molecule has 0 atom stereocenters. The van der Waals surface area contributed by atoms with Gasteiger partial charge in [-0.05, 0) is 31.2 Å². The number of benzene rings is 1. The highest BCUT2D eigenvalue weighted by molar-refractivity contribution is 6.30. The van der Waals surface area contributed by atoms with Crippen LogP contribution in [-0.2, 0) is 0 Å². The zero-order valence-electron chi connectivity index (χ0n) is 9.63. The third-order valence-electron chi connectivity index (χ3n) is 1.91. The molecular weight excluding hydrogens is 256 g/mol. The topological polar surface area (TPSA) is 83.2 Å². The van der Waals surface area contributed by atoms with Crippen LogP contribution in [0.1, 0.15) is 6.92 Å². The third-order valence-corrected chi connectivity index (χ3v) is 2.16. The average Bonchev–Trinajstić information content (AvgIpc) is 2.32. The molecule has 94 valence electrons. The maximum atomic E-state index is 5.77. The first-order valence-electron chi connectivity index (χ1n) is 5.25. The smallest absolute Gasteiger partial charge is 0.330 e. The average molecular weight is 267 g/mol. The Morgan fingerprint density at radius 3 is 2.44 bits per heavy atom. The van der Waals surface area contributed by atoms with Crippen molar-refractivity contribution in [1.29, 1.82) is 0 Å². The van der Waals surface area contributed by atoms with Crippen molar-refractivity contribution in [2.24, 2.45) is 0 Å². The van der Waals surface area contributed by atoms with E-state index >= 15 is 0 Å². The SMILES string of the molecule is CCOc1nc(N)nc(Oc2ccc(Cl)cc2)n1. The second-order valence-electron chi connectivity index (χ2n) is 3.25. The van der Waals surface area contributed by atoms with Crippen LogP contribution in [0.5, 0.6) is 17.8 Å². The number of halogens is 1. The second-order valence-corrected chi connectivity index (χ2v) is 3.68. The number of nitrogens with two attached hydrogens (primary N) is 1. The number of hydrogen-bond acceptors (Lipinski definition) is 6. The second kappa shape index (κ2) is 5.50. The molecule has 0 radical (unpaired) electrons. The summed E-state index contributed by atoms with van der Waals surface area (Å²) in [6.07, 6.45) is 0. The van der Waals surface area contributed by atoms with Gasteiger partial charge in [-0.15, -0.1) is 4.98 Å². The van der Waals surface area contributed by atoms with Gasteiger partial charge in [-0.2, -0.15) is 9.97 Å². The number of hydrogen-bond donors (Lipinski definition) is 1. The van der Waals surface area contributed by atoms with Gasteiger partial charge in [-0.25, -0.2) is 0 Å². The van der Waals surface area contributed by atoms with Crippen molar-refractivity contribution in [2.45, 2.75) is 6.92 Å². The van der Waals surface area contributed by atoms with Crippen LogP contribution in [0.3, 0.4) is 0 Å². The predicted octanol–water partition coefficient (Wildman–Crippen LogP) is 2.30. The van der Waals surface area contributed by atoms with Crippen LogP contribution in [0.4, 0.5) is 5.95 Å². The molecule has 0 bridgehead atoms. The van der Waals surface area contributed by atoms with E-state index < -0.39 is 0 Å². The fourth-order valence-corrected chi connectivity index (χ4v) is 1.33. The summed E-state index contributed by atoms with van der Waals surface area (Å²) in [6.45, 7) is 2.25. The van der Waals surface area contributed by atoms with Crippen LogP contribution in [0.25, 0.3) is 0 Å². The highest BCUT2D eigenvalue weighted by atomic mass is 35.5. The standard InChI is InChI=1S/C11H11ClN4O2/c1-2-17-10-14-9(13)15-11(16-10)18-8-5-3-7(12)4-6-8/h3-6H,2H2,1H3,(H2,13,14,15,16). The molecule has 0 aliphatic heterocycles. The van der Waals surface area contributed by atoms with Gasteiger partial charge in [0, 0.05) is 5.02 Å². The van der Waals surface area contributed by atoms with Gasteiger partial charge in [-0.1, -0.05) is 11.6 Å². The van der Waals surface area contributed by atoms with Crippen molar-refractivity contribution >= 4 is 17.5 Å². The molecule has 7 heteroatoms. The molecule has 2 N–H and O–H groups in total. The lowest BCUT2D eigenvalue weighted by atomic mass is 10.3. The summed E-state index contributed by atoms with van der Waals surface area (Å²) >= 11 is 5.77. The van der Waals surface area contributed by atoms with Gasteiger partial charge in [0.1, 0.15) is 5.75 Å². The third kappa shape index (κ3) is 3.21. The van der Waals surface area contributed by atoms with Gasteiger partial charge < -0.3 is 15.2 Å². The van der Waals surface area contributed by atoms with Crippen LogP contribution >= 0.6 is 11.6 Å². The minimum Gasteiger partial charge on any atom is -0.464 e. The van der Waals surface area contributed by atoms with Gasteiger partial charge in [0.05, 0.1) is 6.61 Å². The first kappa shape index (κ1) is 12.4. The molecule has 0 unspecified atom stereocenters. The summed E-state index contributed by atoms with van der Waals surface area (Å²) in [5.41, 5.74) is 5.52. The normalized spacial score (nSPS) is 10.1. The minimum atomic E-state index is 0.0393. The van der Waals surface area contributed by atoms with E-state index in [-0.39, 0.29) is 18.0 Å². The number of rotatable bonds is 4. The van der Waals surface area contributed by atoms with E-state index in [0.29, 0.717) is 17.4 Å². The molecular formula is C11H11ClN4O2. The Bertz CT molecular complexity index is 533. The Labute approximate surface area is 109 Å². The van der Waals surface area contributed by atoms with Crippen LogP contribution in [0.15, 0.2) is 24.3 Å². The summed E-state index contributed by atoms with van der Waals surface area (Å²) in [5.74, 6) is 0.588. The summed E-state index contributed by atoms with van der Waals surface area (Å²) in [4.78, 5) is 11.6. The van der Waals surface area contributed by atoms with Gasteiger partial charge in [-0.3, -0.25) is 0 Å². The maximum absolute atomic E-state index is 5.77. The maximum Gasteiger partial charge on any atom is 0.330 e. The minimum absolute atomic E-state index is 0.0393. The Morgan fingerprint density at radius 2 is 1.78 bits per heavy atom. The van der Waals surface area contributed by atoms with Gasteiger partial charge in [0.15, 0.2) is 0 Å². The number of nitrogen functional groups attached to an aromatic ring is 1. The molecule has 18 heavy (non-hydrogen) atoms. The van der Waals surface area contributed by atoms with Gasteiger partial charge in [0.25, 0.3) is 0 Å². The van der Waals surface area contributed by atoms with Crippen LogP contribution in [0, 0.1) is 0 Å². The molecule has 1 aromatic carbocycles. The quantitative estimate of drug-likeness (QED) is 0.914. The van der Waals surface area contributed by atoms with E-state index in [4.69, 9.17) is 26.8 Å². The van der Waals surface area contributed by atoms with Crippen LogP contribution in [0.2, 0.25) is 5.02 Å². The molecule has 0 spiro atoms. The molecule has 0 saturated carbocycles. The molecule has 0 saturated heterocycles. The van der Waals surface area contributed by atoms with E-state index in [2.05, 4.69) is 15.0 Å². The van der Waals surface area contributed by atoms with Crippen molar-refractivity contribution in [1.82, 2.24) is 15.0 Å². The molecule has 2 aromatic rings. The Balaban J connectivity index is 2.20. The number of anilines is 1. The monoisotopic (exact) mass is 266 g/mol. The van der Waals surface area contributed by atoms with E-state index in [1.807, 2.05) is 6.92 Å². The molecule has 6 nitrogen and oxygen atoms in total. The summed E-state index contributed by atoms with van der Waals surface area (Å²) in [7, 11) is 0. The number of ether oxygens (including phenoxy) is 2. The Morgan fingerprint density at radius 1 is 1.11 bits per heavy atom. The van der Waals surface area contributed by atoms with E-state index in [0.717, 1.165) is 0 Å². The largest absolute Gasteiger partial charge is 0.464 e. The van der Waals surface area contributed by atoms with Crippen molar-refractivity contribution in [3.63, 3.8) is 0 Å². The van der Waals surface area contributed by atoms with E-state index in [1.165, 1.54) is 0 Å². The van der Waals surface area contributed by atoms with Gasteiger partial charge in [0.2, 0.25) is 5.95 Å². The van der Waals surface area contributed by atoms with E-state index in [1.54, 1.807) is 24.3 Å². The summed E-state index contributed by atoms with van der Waals surface area (Å²) in [5, 5.41) is 0.618. The first-order valence-corrected chi connectivity index (χ1v) is 5.63. The van der Waals surface area contributed by atoms with E-state index in [9.17, 15) is 0 Å². The molecule has 0 amide bonds. The first-order chi connectivity index (χ1) is 8.67. The molecule has 0 aliphatic rings. The number of nitrogens with zero attached hydrogens (tertiary/aromatic N) is 3. The zero-order chi connectivity index (χ0) is 13.0. The fraction of sp³-hybridized carbons (Fsp3) is 0.182. The summed E-state index contributed by atoms with van der Waals surface area (Å²) in [6, 6.07) is 7.00. The van der Waals surface area contributed by atoms with Crippen molar-refractivity contribution < 1.29 is 9.47 Å². The Hall–Kier alpha value is -2.08. The predicted molar refractivity (Wildman–Crippen MR) is 66.9 cm³/mol. The molecule has 1 aromatic heterocycles. The van der Waals surface area contributed by atoms with Crippen molar-refractivity contribution in [2.75, 3.05) is 12.3 Å². The lowest BCUT2D eigenvalue weighted by Gasteiger charge is -2.06. The highest BCUT2D eigenvalue weighted by Gasteiger charge is 2.07. The van der Waals surface area contributed by atoms with Crippen LogP contribution < -0.4 is 15.2 Å². The zero-order valence-corrected chi connectivity index (χ0v) is 10.4. The van der Waals surface area contributed by atoms with Crippen molar-refractivity contribution in [3.05, 3.63) is 29.3 Å². The van der Waals surface area contributed by atoms with Gasteiger partial charge >= 0.3 is 12.0 Å². The van der Waals surface area contributed by atoms with Crippen molar-refractivity contribution in [3.8, 4) is 17.8 Å². The molecule has 1 heterocycles. The van der Waals surface area contributed by atoms with Crippen LogP contribution in [-0.4, -0.2) is 21.6 Å². The lowest BCUT2D eigenvalue weighted by molar-refractivity contribution is 0.304. The number of aromatic nitrogens is 3. The highest BCUT2D eigenvalue weighted by Crippen LogP contribution is 2.21. The Kier molecular flexibility index (Phi) is 3.78. The molecule has 0 aliphatic carbocycles.